The molecule has 0 aliphatic heterocycles. The van der Waals surface area contributed by atoms with Crippen LogP contribution in [0.3, 0.4) is 0 Å². The van der Waals surface area contributed by atoms with Gasteiger partial charge in [0.1, 0.15) is 5.60 Å². The second-order valence-corrected chi connectivity index (χ2v) is 6.27. The van der Waals surface area contributed by atoms with E-state index in [4.69, 9.17) is 4.74 Å². The highest BCUT2D eigenvalue weighted by molar-refractivity contribution is 5.68. The van der Waals surface area contributed by atoms with Crippen molar-refractivity contribution in [3.63, 3.8) is 0 Å². The van der Waals surface area contributed by atoms with Gasteiger partial charge >= 0.3 is 6.09 Å². The number of nitrogens with one attached hydrogen (secondary N) is 1. The number of alkyl carbamates (subject to hydrolysis) is 1. The number of hydrogen-bond donors (Lipinski definition) is 1. The number of carbonyl (C=O) groups excluding carboxylic acids is 1. The molecule has 1 aliphatic rings. The Morgan fingerprint density at radius 1 is 1.37 bits per heavy atom. The summed E-state index contributed by atoms with van der Waals surface area (Å²) in [5.74, 6) is 0.459. The minimum atomic E-state index is -0.439. The summed E-state index contributed by atoms with van der Waals surface area (Å²) < 4.78 is 5.24. The number of ether oxygens (including phenoxy) is 1. The summed E-state index contributed by atoms with van der Waals surface area (Å²) in [5, 5.41) is 2.90. The minimum Gasteiger partial charge on any atom is -0.444 e. The van der Waals surface area contributed by atoms with Gasteiger partial charge in [-0.25, -0.2) is 4.79 Å². The van der Waals surface area contributed by atoms with Crippen LogP contribution in [0.1, 0.15) is 50.8 Å². The number of hydrogen-bond acceptors (Lipinski definition) is 3. The van der Waals surface area contributed by atoms with E-state index in [0.717, 1.165) is 18.5 Å². The quantitative estimate of drug-likeness (QED) is 0.890. The summed E-state index contributed by atoms with van der Waals surface area (Å²) in [7, 11) is 0. The van der Waals surface area contributed by atoms with E-state index in [1.807, 2.05) is 33.9 Å². The van der Waals surface area contributed by atoms with Crippen LogP contribution in [-0.4, -0.2) is 22.7 Å². The zero-order valence-electron chi connectivity index (χ0n) is 12.1. The molecule has 0 spiro atoms. The van der Waals surface area contributed by atoms with Crippen molar-refractivity contribution in [2.45, 2.75) is 58.1 Å². The lowest BCUT2D eigenvalue weighted by Crippen LogP contribution is -2.45. The Labute approximate surface area is 114 Å². The molecule has 4 heteroatoms. The van der Waals surface area contributed by atoms with E-state index in [0.29, 0.717) is 5.92 Å². The number of aryl methyl sites for hydroxylation is 1. The molecule has 19 heavy (non-hydrogen) atoms. The lowest BCUT2D eigenvalue weighted by atomic mass is 9.78. The Kier molecular flexibility index (Phi) is 3.78. The van der Waals surface area contributed by atoms with Gasteiger partial charge in [-0.3, -0.25) is 4.98 Å². The zero-order chi connectivity index (χ0) is 14.0. The summed E-state index contributed by atoms with van der Waals surface area (Å²) in [6.45, 7) is 7.63. The Balaban J connectivity index is 1.77. The van der Waals surface area contributed by atoms with E-state index < -0.39 is 5.60 Å². The average molecular weight is 262 g/mol. The van der Waals surface area contributed by atoms with E-state index in [1.54, 1.807) is 0 Å². The first kappa shape index (κ1) is 13.8. The van der Waals surface area contributed by atoms with Crippen LogP contribution in [0.4, 0.5) is 4.79 Å². The molecule has 0 bridgehead atoms. The van der Waals surface area contributed by atoms with Crippen LogP contribution >= 0.6 is 0 Å². The van der Waals surface area contributed by atoms with Gasteiger partial charge < -0.3 is 10.1 Å². The number of pyridine rings is 1. The summed E-state index contributed by atoms with van der Waals surface area (Å²) >= 11 is 0. The smallest absolute Gasteiger partial charge is 0.407 e. The highest BCUT2D eigenvalue weighted by Crippen LogP contribution is 2.35. The first-order chi connectivity index (χ1) is 8.83. The van der Waals surface area contributed by atoms with Gasteiger partial charge in [-0.2, -0.15) is 0 Å². The van der Waals surface area contributed by atoms with Crippen molar-refractivity contribution in [3.8, 4) is 0 Å². The fourth-order valence-electron chi connectivity index (χ4n) is 2.17. The highest BCUT2D eigenvalue weighted by Gasteiger charge is 2.33. The third kappa shape index (κ3) is 3.94. The van der Waals surface area contributed by atoms with E-state index in [2.05, 4.69) is 22.4 Å². The van der Waals surface area contributed by atoms with Crippen LogP contribution in [0.15, 0.2) is 18.3 Å². The molecule has 0 unspecified atom stereocenters. The van der Waals surface area contributed by atoms with Gasteiger partial charge in [-0.15, -0.1) is 0 Å². The molecule has 1 fully saturated rings. The molecule has 1 aromatic rings. The lowest BCUT2D eigenvalue weighted by Gasteiger charge is -2.35. The van der Waals surface area contributed by atoms with Crippen LogP contribution in [0.5, 0.6) is 0 Å². The molecule has 1 aliphatic carbocycles. The fourth-order valence-corrected chi connectivity index (χ4v) is 2.17. The van der Waals surface area contributed by atoms with E-state index in [-0.39, 0.29) is 12.1 Å². The highest BCUT2D eigenvalue weighted by atomic mass is 16.6. The average Bonchev–Trinajstić information content (AvgIpc) is 2.22. The molecule has 1 N–H and O–H groups in total. The Morgan fingerprint density at radius 3 is 2.58 bits per heavy atom. The van der Waals surface area contributed by atoms with Crippen molar-refractivity contribution in [1.82, 2.24) is 10.3 Å². The van der Waals surface area contributed by atoms with Crippen LogP contribution in [0.2, 0.25) is 0 Å². The van der Waals surface area contributed by atoms with E-state index in [1.165, 1.54) is 5.56 Å². The maximum absolute atomic E-state index is 11.6. The molecule has 1 saturated carbocycles. The molecule has 1 heterocycles. The molecular formula is C15H22N2O2. The largest absolute Gasteiger partial charge is 0.444 e. The first-order valence-electron chi connectivity index (χ1n) is 6.75. The maximum Gasteiger partial charge on any atom is 0.407 e. The van der Waals surface area contributed by atoms with Crippen LogP contribution in [-0.2, 0) is 4.74 Å². The SMILES string of the molecule is Cc1ccc(C2CC(NC(=O)OC(C)(C)C)C2)nc1. The predicted molar refractivity (Wildman–Crippen MR) is 74.1 cm³/mol. The van der Waals surface area contributed by atoms with Gasteiger partial charge in [-0.1, -0.05) is 6.07 Å². The molecule has 1 aromatic heterocycles. The molecule has 4 nitrogen and oxygen atoms in total. The topological polar surface area (TPSA) is 51.2 Å². The number of rotatable bonds is 2. The fraction of sp³-hybridized carbons (Fsp3) is 0.600. The molecule has 0 radical (unpaired) electrons. The lowest BCUT2D eigenvalue weighted by molar-refractivity contribution is 0.0470. The number of amides is 1. The zero-order valence-corrected chi connectivity index (χ0v) is 12.1. The Hall–Kier alpha value is -1.58. The molecule has 104 valence electrons. The molecular weight excluding hydrogens is 240 g/mol. The molecule has 1 amide bonds. The van der Waals surface area contributed by atoms with Gasteiger partial charge in [0.2, 0.25) is 0 Å². The predicted octanol–water partition coefficient (Wildman–Crippen LogP) is 3.16. The monoisotopic (exact) mass is 262 g/mol. The van der Waals surface area contributed by atoms with Crippen molar-refractivity contribution in [3.05, 3.63) is 29.6 Å². The van der Waals surface area contributed by atoms with Crippen molar-refractivity contribution in [2.24, 2.45) is 0 Å². The van der Waals surface area contributed by atoms with Gasteiger partial charge in [0, 0.05) is 23.9 Å². The maximum atomic E-state index is 11.6. The van der Waals surface area contributed by atoms with Gasteiger partial charge in [0.15, 0.2) is 0 Å². The third-order valence-electron chi connectivity index (χ3n) is 3.21. The minimum absolute atomic E-state index is 0.211. The summed E-state index contributed by atoms with van der Waals surface area (Å²) in [4.78, 5) is 16.0. The normalized spacial score (nSPS) is 22.5. The number of aromatic nitrogens is 1. The van der Waals surface area contributed by atoms with Crippen molar-refractivity contribution in [1.29, 1.82) is 0 Å². The van der Waals surface area contributed by atoms with Crippen LogP contribution in [0.25, 0.3) is 0 Å². The molecule has 0 saturated heterocycles. The molecule has 2 rings (SSSR count). The van der Waals surface area contributed by atoms with Crippen LogP contribution in [0, 0.1) is 6.92 Å². The summed E-state index contributed by atoms with van der Waals surface area (Å²) in [5.41, 5.74) is 1.85. The standard InChI is InChI=1S/C15H22N2O2/c1-10-5-6-13(16-9-10)11-7-12(8-11)17-14(18)19-15(2,3)4/h5-6,9,11-12H,7-8H2,1-4H3,(H,17,18). The third-order valence-corrected chi connectivity index (χ3v) is 3.21. The van der Waals surface area contributed by atoms with E-state index in [9.17, 15) is 4.79 Å². The Morgan fingerprint density at radius 2 is 2.05 bits per heavy atom. The van der Waals surface area contributed by atoms with Gasteiger partial charge in [-0.05, 0) is 52.2 Å². The molecule has 0 atom stereocenters. The van der Waals surface area contributed by atoms with Crippen LogP contribution < -0.4 is 5.32 Å². The first-order valence-corrected chi connectivity index (χ1v) is 6.75. The second-order valence-electron chi connectivity index (χ2n) is 6.27. The van der Waals surface area contributed by atoms with Crippen molar-refractivity contribution >= 4 is 6.09 Å². The van der Waals surface area contributed by atoms with Crippen molar-refractivity contribution in [2.75, 3.05) is 0 Å². The second kappa shape index (κ2) is 5.19. The van der Waals surface area contributed by atoms with Crippen molar-refractivity contribution < 1.29 is 9.53 Å². The van der Waals surface area contributed by atoms with E-state index >= 15 is 0 Å². The van der Waals surface area contributed by atoms with Gasteiger partial charge in [0.05, 0.1) is 0 Å². The summed E-state index contributed by atoms with van der Waals surface area (Å²) in [6, 6.07) is 4.36. The van der Waals surface area contributed by atoms with Gasteiger partial charge in [0.25, 0.3) is 0 Å². The number of carbonyl (C=O) groups is 1. The molecule has 0 aromatic carbocycles. The Bertz CT molecular complexity index is 442. The summed E-state index contributed by atoms with van der Waals surface area (Å²) in [6.07, 6.45) is 3.45. The number of nitrogens with zero attached hydrogens (tertiary/aromatic N) is 1.